The molecule has 0 aliphatic carbocycles. The Morgan fingerprint density at radius 3 is 2.75 bits per heavy atom. The highest BCUT2D eigenvalue weighted by Crippen LogP contribution is 2.35. The van der Waals surface area contributed by atoms with Crippen LogP contribution in [-0.2, 0) is 4.74 Å². The minimum Gasteiger partial charge on any atom is -0.379 e. The third kappa shape index (κ3) is 3.07. The third-order valence-electron chi connectivity index (χ3n) is 5.50. The maximum Gasteiger partial charge on any atom is 0.320 e. The minimum atomic E-state index is 0.0312. The van der Waals surface area contributed by atoms with E-state index in [0.717, 1.165) is 64.4 Å². The van der Waals surface area contributed by atoms with Gasteiger partial charge in [-0.1, -0.05) is 6.07 Å². The fourth-order valence-electron chi connectivity index (χ4n) is 4.18. The Morgan fingerprint density at radius 1 is 1.08 bits per heavy atom. The van der Waals surface area contributed by atoms with Crippen molar-refractivity contribution in [1.82, 2.24) is 14.8 Å². The topological polar surface area (TPSA) is 48.9 Å². The van der Waals surface area contributed by atoms with E-state index in [-0.39, 0.29) is 11.4 Å². The number of aromatic nitrogens is 1. The molecular weight excluding hydrogens is 304 g/mol. The summed E-state index contributed by atoms with van der Waals surface area (Å²) in [5.74, 6) is 1.02. The number of likely N-dealkylation sites (tertiary alicyclic amines) is 1. The van der Waals surface area contributed by atoms with Gasteiger partial charge < -0.3 is 19.4 Å². The molecule has 24 heavy (non-hydrogen) atoms. The maximum atomic E-state index is 12.8. The number of carbonyl (C=O) groups is 1. The molecule has 0 radical (unpaired) electrons. The largest absolute Gasteiger partial charge is 0.379 e. The molecular formula is C18H26N4O2. The summed E-state index contributed by atoms with van der Waals surface area (Å²) in [7, 11) is 0. The van der Waals surface area contributed by atoms with Crippen molar-refractivity contribution in [1.29, 1.82) is 0 Å². The molecule has 1 aromatic rings. The van der Waals surface area contributed by atoms with Crippen molar-refractivity contribution in [2.24, 2.45) is 5.41 Å². The number of nitrogens with zero attached hydrogens (tertiary/aromatic N) is 4. The van der Waals surface area contributed by atoms with Crippen molar-refractivity contribution in [3.8, 4) is 0 Å². The van der Waals surface area contributed by atoms with E-state index in [2.05, 4.69) is 16.0 Å². The van der Waals surface area contributed by atoms with Gasteiger partial charge in [0.1, 0.15) is 5.82 Å². The van der Waals surface area contributed by atoms with Crippen LogP contribution in [0.1, 0.15) is 19.3 Å². The van der Waals surface area contributed by atoms with Gasteiger partial charge in [-0.05, 0) is 31.4 Å². The molecule has 0 N–H and O–H groups in total. The summed E-state index contributed by atoms with van der Waals surface area (Å²) < 4.78 is 5.90. The Hall–Kier alpha value is -1.82. The fraction of sp³-hybridized carbons (Fsp3) is 0.667. The first-order valence-corrected chi connectivity index (χ1v) is 9.03. The summed E-state index contributed by atoms with van der Waals surface area (Å²) in [5.41, 5.74) is 0.0312. The first-order chi connectivity index (χ1) is 11.8. The molecule has 1 unspecified atom stereocenters. The summed E-state index contributed by atoms with van der Waals surface area (Å²) in [6.45, 7) is 6.59. The second-order valence-corrected chi connectivity index (χ2v) is 7.31. The van der Waals surface area contributed by atoms with Gasteiger partial charge in [0.2, 0.25) is 0 Å². The third-order valence-corrected chi connectivity index (χ3v) is 5.50. The zero-order valence-corrected chi connectivity index (χ0v) is 14.2. The second kappa shape index (κ2) is 6.59. The van der Waals surface area contributed by atoms with E-state index >= 15 is 0 Å². The summed E-state index contributed by atoms with van der Waals surface area (Å²) in [4.78, 5) is 23.6. The summed E-state index contributed by atoms with van der Waals surface area (Å²) in [6.07, 6.45) is 5.16. The predicted octanol–water partition coefficient (Wildman–Crippen LogP) is 1.83. The van der Waals surface area contributed by atoms with E-state index in [1.807, 2.05) is 28.1 Å². The van der Waals surface area contributed by atoms with Crippen LogP contribution in [-0.4, -0.2) is 73.3 Å². The molecule has 4 rings (SSSR count). The summed E-state index contributed by atoms with van der Waals surface area (Å²) >= 11 is 0. The molecule has 3 fully saturated rings. The number of amides is 2. The van der Waals surface area contributed by atoms with Crippen LogP contribution in [0.4, 0.5) is 10.6 Å². The molecule has 130 valence electrons. The number of urea groups is 1. The Labute approximate surface area is 143 Å². The van der Waals surface area contributed by atoms with Gasteiger partial charge in [0.25, 0.3) is 0 Å². The SMILES string of the molecule is O=C(N1CCCC1)N1CCOCC2(CCN(c3ccccn3)C2)C1. The number of carbonyl (C=O) groups excluding carboxylic acids is 1. The maximum absolute atomic E-state index is 12.8. The van der Waals surface area contributed by atoms with Crippen LogP contribution in [0.2, 0.25) is 0 Å². The van der Waals surface area contributed by atoms with Crippen molar-refractivity contribution in [3.63, 3.8) is 0 Å². The average molecular weight is 330 g/mol. The van der Waals surface area contributed by atoms with Crippen molar-refractivity contribution in [2.45, 2.75) is 19.3 Å². The lowest BCUT2D eigenvalue weighted by Crippen LogP contribution is -2.48. The van der Waals surface area contributed by atoms with Gasteiger partial charge in [-0.3, -0.25) is 0 Å². The summed E-state index contributed by atoms with van der Waals surface area (Å²) in [5, 5.41) is 0. The first-order valence-electron chi connectivity index (χ1n) is 9.03. The number of ether oxygens (including phenoxy) is 1. The van der Waals surface area contributed by atoms with Crippen LogP contribution in [0.5, 0.6) is 0 Å². The summed E-state index contributed by atoms with van der Waals surface area (Å²) in [6, 6.07) is 6.23. The van der Waals surface area contributed by atoms with E-state index in [0.29, 0.717) is 13.2 Å². The Morgan fingerprint density at radius 2 is 1.96 bits per heavy atom. The molecule has 1 spiro atoms. The number of rotatable bonds is 1. The van der Waals surface area contributed by atoms with Crippen molar-refractivity contribution < 1.29 is 9.53 Å². The number of hydrogen-bond acceptors (Lipinski definition) is 4. The highest BCUT2D eigenvalue weighted by Gasteiger charge is 2.43. The van der Waals surface area contributed by atoms with E-state index < -0.39 is 0 Å². The van der Waals surface area contributed by atoms with Gasteiger partial charge in [-0.25, -0.2) is 9.78 Å². The lowest BCUT2D eigenvalue weighted by molar-refractivity contribution is 0.0800. The van der Waals surface area contributed by atoms with Gasteiger partial charge in [-0.15, -0.1) is 0 Å². The van der Waals surface area contributed by atoms with Crippen LogP contribution in [0.25, 0.3) is 0 Å². The van der Waals surface area contributed by atoms with Crippen molar-refractivity contribution in [2.75, 3.05) is 57.4 Å². The number of anilines is 1. The fourth-order valence-corrected chi connectivity index (χ4v) is 4.18. The number of hydrogen-bond donors (Lipinski definition) is 0. The van der Waals surface area contributed by atoms with Crippen LogP contribution in [0.15, 0.2) is 24.4 Å². The van der Waals surface area contributed by atoms with Crippen LogP contribution in [0, 0.1) is 5.41 Å². The molecule has 0 saturated carbocycles. The Balaban J connectivity index is 1.47. The lowest BCUT2D eigenvalue weighted by Gasteiger charge is -2.34. The van der Waals surface area contributed by atoms with E-state index in [4.69, 9.17) is 4.74 Å². The molecule has 6 nitrogen and oxygen atoms in total. The smallest absolute Gasteiger partial charge is 0.320 e. The monoisotopic (exact) mass is 330 g/mol. The Kier molecular flexibility index (Phi) is 4.31. The standard InChI is InChI=1S/C18H26N4O2/c23-17(20-8-3-4-9-20)22-11-12-24-15-18(14-22)6-10-21(13-18)16-5-1-2-7-19-16/h1-2,5,7H,3-4,6,8-15H2. The molecule has 0 bridgehead atoms. The van der Waals surface area contributed by atoms with E-state index in [1.165, 1.54) is 0 Å². The van der Waals surface area contributed by atoms with E-state index in [1.54, 1.807) is 0 Å². The second-order valence-electron chi connectivity index (χ2n) is 7.31. The molecule has 3 saturated heterocycles. The quantitative estimate of drug-likeness (QED) is 0.788. The molecule has 3 aliphatic heterocycles. The highest BCUT2D eigenvalue weighted by molar-refractivity contribution is 5.74. The normalized spacial score (nSPS) is 27.8. The van der Waals surface area contributed by atoms with Gasteiger partial charge >= 0.3 is 6.03 Å². The van der Waals surface area contributed by atoms with Crippen molar-refractivity contribution >= 4 is 11.8 Å². The van der Waals surface area contributed by atoms with Crippen LogP contribution >= 0.6 is 0 Å². The van der Waals surface area contributed by atoms with Crippen LogP contribution < -0.4 is 4.90 Å². The Bertz CT molecular complexity index is 576. The lowest BCUT2D eigenvalue weighted by atomic mass is 9.87. The van der Waals surface area contributed by atoms with Gasteiger partial charge in [0, 0.05) is 50.9 Å². The van der Waals surface area contributed by atoms with E-state index in [9.17, 15) is 4.79 Å². The van der Waals surface area contributed by atoms with Gasteiger partial charge in [-0.2, -0.15) is 0 Å². The molecule has 2 amide bonds. The molecule has 0 aromatic carbocycles. The molecule has 1 aromatic heterocycles. The van der Waals surface area contributed by atoms with Gasteiger partial charge in [0.15, 0.2) is 0 Å². The molecule has 4 heterocycles. The van der Waals surface area contributed by atoms with Gasteiger partial charge in [0.05, 0.1) is 13.2 Å². The molecule has 1 atom stereocenters. The zero-order valence-electron chi connectivity index (χ0n) is 14.2. The minimum absolute atomic E-state index is 0.0312. The van der Waals surface area contributed by atoms with Crippen molar-refractivity contribution in [3.05, 3.63) is 24.4 Å². The van der Waals surface area contributed by atoms with Crippen LogP contribution in [0.3, 0.4) is 0 Å². The number of pyridine rings is 1. The zero-order chi connectivity index (χ0) is 16.4. The average Bonchev–Trinajstić information content (AvgIpc) is 3.24. The highest BCUT2D eigenvalue weighted by atomic mass is 16.5. The molecule has 3 aliphatic rings. The molecule has 6 heteroatoms. The predicted molar refractivity (Wildman–Crippen MR) is 92.1 cm³/mol. The first kappa shape index (κ1) is 15.7.